The lowest BCUT2D eigenvalue weighted by molar-refractivity contribution is -0.305. The lowest BCUT2D eigenvalue weighted by atomic mass is 10.1. The Labute approximate surface area is 156 Å². The first kappa shape index (κ1) is 18.9. The van der Waals surface area contributed by atoms with E-state index in [1.165, 1.54) is 11.8 Å². The molecule has 2 heterocycles. The summed E-state index contributed by atoms with van der Waals surface area (Å²) in [4.78, 5) is 28.5. The minimum Gasteiger partial charge on any atom is -0.550 e. The fourth-order valence-corrected chi connectivity index (χ4v) is 7.05. The molecular formula is C17H19N2O5S2-. The van der Waals surface area contributed by atoms with E-state index in [0.29, 0.717) is 5.17 Å². The molecule has 0 aromatic heterocycles. The van der Waals surface area contributed by atoms with Crippen molar-refractivity contribution in [3.8, 4) is 0 Å². The zero-order chi connectivity index (χ0) is 18.9. The van der Waals surface area contributed by atoms with Gasteiger partial charge in [-0.2, -0.15) is 4.99 Å². The van der Waals surface area contributed by atoms with Gasteiger partial charge in [-0.1, -0.05) is 29.5 Å². The molecule has 1 amide bonds. The Hall–Kier alpha value is -1.87. The summed E-state index contributed by atoms with van der Waals surface area (Å²) in [6.07, 6.45) is 0.0106. The molecule has 0 radical (unpaired) electrons. The van der Waals surface area contributed by atoms with E-state index in [0.717, 1.165) is 11.3 Å². The van der Waals surface area contributed by atoms with Crippen LogP contribution in [0.3, 0.4) is 0 Å². The number of rotatable bonds is 5. The van der Waals surface area contributed by atoms with Crippen molar-refractivity contribution in [1.82, 2.24) is 0 Å². The first-order valence-corrected chi connectivity index (χ1v) is 11.0. The van der Waals surface area contributed by atoms with Crippen LogP contribution in [0.15, 0.2) is 29.3 Å². The Balaban J connectivity index is 1.84. The number of hydrogen-bond donors (Lipinski definition) is 0. The monoisotopic (exact) mass is 395 g/mol. The molecule has 26 heavy (non-hydrogen) atoms. The second-order valence-corrected chi connectivity index (χ2v) is 9.88. The van der Waals surface area contributed by atoms with Gasteiger partial charge in [-0.15, -0.1) is 0 Å². The van der Waals surface area contributed by atoms with Crippen molar-refractivity contribution in [2.45, 2.75) is 37.5 Å². The Morgan fingerprint density at radius 2 is 1.92 bits per heavy atom. The standard InChI is InChI=1S/C17H20N2O5S2/c1-11-5-7-12(8-6-11)19-13-9-26(23,24)10-14(13)25-17(19)18-15(20)3-2-4-16(21)22/h5-8,13-14H,2-4,9-10H2,1H3,(H,21,22)/p-1/t13-,14-/m1/s1. The van der Waals surface area contributed by atoms with Crippen LogP contribution in [0.4, 0.5) is 5.69 Å². The average molecular weight is 395 g/mol. The van der Waals surface area contributed by atoms with Crippen LogP contribution < -0.4 is 10.0 Å². The molecule has 2 atom stereocenters. The smallest absolute Gasteiger partial charge is 0.248 e. The number of carboxylic acid groups (broad SMARTS) is 1. The van der Waals surface area contributed by atoms with E-state index in [9.17, 15) is 23.1 Å². The minimum absolute atomic E-state index is 0.0212. The van der Waals surface area contributed by atoms with Crippen LogP contribution in [0.1, 0.15) is 24.8 Å². The summed E-state index contributed by atoms with van der Waals surface area (Å²) in [6.45, 7) is 1.96. The number of fused-ring (bicyclic) bond motifs is 1. The Kier molecular flexibility index (Phi) is 5.38. The van der Waals surface area contributed by atoms with Crippen molar-refractivity contribution in [2.24, 2.45) is 4.99 Å². The molecule has 0 saturated carbocycles. The molecule has 0 bridgehead atoms. The van der Waals surface area contributed by atoms with Gasteiger partial charge < -0.3 is 14.8 Å². The molecule has 0 spiro atoms. The number of amidine groups is 1. The summed E-state index contributed by atoms with van der Waals surface area (Å²) in [5, 5.41) is 10.8. The highest BCUT2D eigenvalue weighted by Crippen LogP contribution is 2.41. The van der Waals surface area contributed by atoms with Crippen molar-refractivity contribution in [3.05, 3.63) is 29.8 Å². The van der Waals surface area contributed by atoms with Gasteiger partial charge in [-0.25, -0.2) is 8.42 Å². The van der Waals surface area contributed by atoms with Gasteiger partial charge in [-0.05, 0) is 31.9 Å². The minimum atomic E-state index is -3.10. The largest absolute Gasteiger partial charge is 0.550 e. The maximum Gasteiger partial charge on any atom is 0.248 e. The SMILES string of the molecule is Cc1ccc(N2C(=NC(=O)CCCC(=O)[O-])S[C@@H]3CS(=O)(=O)C[C@H]32)cc1. The third-order valence-electron chi connectivity index (χ3n) is 4.37. The second kappa shape index (κ2) is 7.40. The zero-order valence-electron chi connectivity index (χ0n) is 14.3. The topological polar surface area (TPSA) is 107 Å². The van der Waals surface area contributed by atoms with Crippen molar-refractivity contribution < 1.29 is 23.1 Å². The third kappa shape index (κ3) is 4.27. The summed E-state index contributed by atoms with van der Waals surface area (Å²) < 4.78 is 24.0. The van der Waals surface area contributed by atoms with Gasteiger partial charge in [0.25, 0.3) is 0 Å². The molecule has 2 aliphatic heterocycles. The third-order valence-corrected chi connectivity index (χ3v) is 7.58. The summed E-state index contributed by atoms with van der Waals surface area (Å²) in [7, 11) is -3.10. The van der Waals surface area contributed by atoms with Crippen LogP contribution in [-0.2, 0) is 19.4 Å². The number of carbonyl (C=O) groups excluding carboxylic acids is 2. The molecule has 2 aliphatic rings. The Morgan fingerprint density at radius 3 is 2.58 bits per heavy atom. The van der Waals surface area contributed by atoms with Gasteiger partial charge in [0, 0.05) is 23.3 Å². The van der Waals surface area contributed by atoms with Gasteiger partial charge in [0.1, 0.15) is 0 Å². The van der Waals surface area contributed by atoms with E-state index in [1.54, 1.807) is 0 Å². The molecule has 1 aromatic rings. The van der Waals surface area contributed by atoms with Crippen LogP contribution in [0, 0.1) is 6.92 Å². The van der Waals surface area contributed by atoms with Crippen LogP contribution in [-0.4, -0.2) is 48.3 Å². The molecule has 2 fully saturated rings. The Bertz CT molecular complexity index is 848. The molecule has 0 aliphatic carbocycles. The number of nitrogens with zero attached hydrogens (tertiary/aromatic N) is 2. The fourth-order valence-electron chi connectivity index (χ4n) is 3.12. The van der Waals surface area contributed by atoms with Gasteiger partial charge in [-0.3, -0.25) is 4.79 Å². The molecule has 7 nitrogen and oxygen atoms in total. The maximum atomic E-state index is 12.1. The molecule has 0 unspecified atom stereocenters. The first-order valence-electron chi connectivity index (χ1n) is 8.29. The van der Waals surface area contributed by atoms with Crippen LogP contribution in [0.2, 0.25) is 0 Å². The van der Waals surface area contributed by atoms with E-state index >= 15 is 0 Å². The summed E-state index contributed by atoms with van der Waals surface area (Å²) in [6, 6.07) is 7.38. The number of hydrogen-bond acceptors (Lipinski definition) is 6. The van der Waals surface area contributed by atoms with Crippen LogP contribution in [0.5, 0.6) is 0 Å². The quantitative estimate of drug-likeness (QED) is 0.715. The first-order chi connectivity index (χ1) is 12.2. The van der Waals surface area contributed by atoms with Gasteiger partial charge in [0.2, 0.25) is 5.91 Å². The number of sulfone groups is 1. The number of carbonyl (C=O) groups is 2. The lowest BCUT2D eigenvalue weighted by Crippen LogP contribution is -2.37. The highest BCUT2D eigenvalue weighted by atomic mass is 32.2. The van der Waals surface area contributed by atoms with Gasteiger partial charge >= 0.3 is 0 Å². The van der Waals surface area contributed by atoms with Crippen molar-refractivity contribution in [1.29, 1.82) is 0 Å². The van der Waals surface area contributed by atoms with E-state index in [4.69, 9.17) is 0 Å². The summed E-state index contributed by atoms with van der Waals surface area (Å²) in [5.74, 6) is -1.49. The van der Waals surface area contributed by atoms with Gasteiger partial charge in [0.05, 0.1) is 17.5 Å². The lowest BCUT2D eigenvalue weighted by Gasteiger charge is -2.24. The van der Waals surface area contributed by atoms with Crippen LogP contribution in [0.25, 0.3) is 0 Å². The summed E-state index contributed by atoms with van der Waals surface area (Å²) >= 11 is 1.31. The number of carboxylic acids is 1. The number of benzene rings is 1. The van der Waals surface area contributed by atoms with E-state index in [1.807, 2.05) is 36.1 Å². The summed E-state index contributed by atoms with van der Waals surface area (Å²) in [5.41, 5.74) is 1.88. The molecule has 0 N–H and O–H groups in total. The van der Waals surface area contributed by atoms with Gasteiger partial charge in [0.15, 0.2) is 15.0 Å². The number of aryl methyl sites for hydroxylation is 1. The maximum absolute atomic E-state index is 12.1. The highest BCUT2D eigenvalue weighted by molar-refractivity contribution is 8.16. The molecule has 1 aromatic carbocycles. The predicted octanol–water partition coefficient (Wildman–Crippen LogP) is 0.517. The second-order valence-electron chi connectivity index (χ2n) is 6.52. The van der Waals surface area contributed by atoms with Crippen molar-refractivity contribution in [2.75, 3.05) is 16.4 Å². The normalized spacial score (nSPS) is 25.4. The number of amides is 1. The zero-order valence-corrected chi connectivity index (χ0v) is 15.9. The molecule has 3 rings (SSSR count). The average Bonchev–Trinajstić information content (AvgIpc) is 2.99. The van der Waals surface area contributed by atoms with Crippen LogP contribution >= 0.6 is 11.8 Å². The molecule has 9 heteroatoms. The molecule has 2 saturated heterocycles. The van der Waals surface area contributed by atoms with E-state index in [2.05, 4.69) is 4.99 Å². The fraction of sp³-hybridized carbons (Fsp3) is 0.471. The van der Waals surface area contributed by atoms with Crippen molar-refractivity contribution in [3.63, 3.8) is 0 Å². The number of thioether (sulfide) groups is 1. The van der Waals surface area contributed by atoms with E-state index < -0.39 is 21.7 Å². The van der Waals surface area contributed by atoms with Crippen molar-refractivity contribution >= 4 is 44.3 Å². The predicted molar refractivity (Wildman–Crippen MR) is 98.8 cm³/mol. The molecule has 140 valence electrons. The Morgan fingerprint density at radius 1 is 1.23 bits per heavy atom. The molecular weight excluding hydrogens is 376 g/mol. The van der Waals surface area contributed by atoms with E-state index in [-0.39, 0.29) is 42.1 Å². The number of aliphatic imine (C=N–C) groups is 1. The highest BCUT2D eigenvalue weighted by Gasteiger charge is 2.49. The number of aliphatic carboxylic acids is 1. The number of anilines is 1.